The lowest BCUT2D eigenvalue weighted by atomic mass is 10.0. The molecule has 2 aliphatic rings. The second-order valence-electron chi connectivity index (χ2n) is 8.53. The molecule has 172 valence electrons. The van der Waals surface area contributed by atoms with Crippen LogP contribution in [0.2, 0.25) is 0 Å². The van der Waals surface area contributed by atoms with Crippen molar-refractivity contribution >= 4 is 27.2 Å². The molecule has 0 radical (unpaired) electrons. The predicted molar refractivity (Wildman–Crippen MR) is 122 cm³/mol. The highest BCUT2D eigenvalue weighted by Crippen LogP contribution is 2.27. The minimum Gasteiger partial charge on any atom is -0.371 e. The molecule has 9 heteroatoms. The normalized spacial score (nSPS) is 20.1. The van der Waals surface area contributed by atoms with Crippen LogP contribution in [0.5, 0.6) is 0 Å². The predicted octanol–water partition coefficient (Wildman–Crippen LogP) is 2.87. The number of amides is 1. The highest BCUT2D eigenvalue weighted by molar-refractivity contribution is 7.90. The number of nitrogens with zero attached hydrogens (tertiary/aromatic N) is 3. The third-order valence-electron chi connectivity index (χ3n) is 6.38. The van der Waals surface area contributed by atoms with E-state index in [1.807, 2.05) is 11.1 Å². The second kappa shape index (κ2) is 9.05. The number of likely N-dealkylation sites (tertiary alicyclic amines) is 1. The minimum absolute atomic E-state index is 0.0273. The van der Waals surface area contributed by atoms with E-state index in [4.69, 9.17) is 0 Å². The third-order valence-corrected chi connectivity index (χ3v) is 7.50. The summed E-state index contributed by atoms with van der Waals surface area (Å²) in [7, 11) is -3.48. The lowest BCUT2D eigenvalue weighted by molar-refractivity contribution is -0.130. The smallest absolute Gasteiger partial charge is 0.245 e. The Kier molecular flexibility index (Phi) is 6.37. The molecule has 4 rings (SSSR count). The summed E-state index contributed by atoms with van der Waals surface area (Å²) >= 11 is 0. The van der Waals surface area contributed by atoms with Gasteiger partial charge in [0.2, 0.25) is 5.91 Å². The summed E-state index contributed by atoms with van der Waals surface area (Å²) in [5.74, 6) is 0.274. The fourth-order valence-corrected chi connectivity index (χ4v) is 5.08. The van der Waals surface area contributed by atoms with Crippen molar-refractivity contribution in [1.82, 2.24) is 9.88 Å². The molecule has 0 aliphatic carbocycles. The van der Waals surface area contributed by atoms with Crippen molar-refractivity contribution in [2.45, 2.75) is 49.6 Å². The number of aromatic nitrogens is 1. The number of halogens is 1. The van der Waals surface area contributed by atoms with Gasteiger partial charge >= 0.3 is 0 Å². The van der Waals surface area contributed by atoms with Gasteiger partial charge in [-0.1, -0.05) is 13.0 Å². The molecule has 1 aromatic heterocycles. The Morgan fingerprint density at radius 3 is 2.47 bits per heavy atom. The van der Waals surface area contributed by atoms with E-state index in [-0.39, 0.29) is 22.5 Å². The number of nitrogens with one attached hydrogen (secondary N) is 1. The van der Waals surface area contributed by atoms with Crippen LogP contribution in [0.3, 0.4) is 0 Å². The number of carbonyl (C=O) groups is 1. The molecule has 0 saturated carbocycles. The molecule has 7 nitrogen and oxygen atoms in total. The van der Waals surface area contributed by atoms with Gasteiger partial charge in [0.1, 0.15) is 17.7 Å². The van der Waals surface area contributed by atoms with Crippen molar-refractivity contribution in [1.29, 1.82) is 0 Å². The average Bonchev–Trinajstić information content (AvgIpc) is 3.14. The number of piperidine rings is 1. The molecule has 32 heavy (non-hydrogen) atoms. The molecule has 2 fully saturated rings. The Morgan fingerprint density at radius 1 is 1.12 bits per heavy atom. The molecular formula is C23H29FN4O3S. The largest absolute Gasteiger partial charge is 0.371 e. The number of anilines is 2. The Hall–Kier alpha value is -2.68. The van der Waals surface area contributed by atoms with E-state index >= 15 is 0 Å². The van der Waals surface area contributed by atoms with Crippen LogP contribution >= 0.6 is 0 Å². The first-order valence-corrected chi connectivity index (χ1v) is 12.9. The molecule has 2 aromatic rings. The van der Waals surface area contributed by atoms with Crippen molar-refractivity contribution in [3.63, 3.8) is 0 Å². The maximum absolute atomic E-state index is 14.4. The van der Waals surface area contributed by atoms with Gasteiger partial charge in [-0.25, -0.2) is 17.8 Å². The average molecular weight is 461 g/mol. The highest BCUT2D eigenvalue weighted by atomic mass is 32.2. The van der Waals surface area contributed by atoms with Crippen LogP contribution in [-0.2, 0) is 21.1 Å². The Bertz CT molecular complexity index is 1080. The molecule has 3 heterocycles. The Labute approximate surface area is 188 Å². The van der Waals surface area contributed by atoms with Crippen molar-refractivity contribution in [3.05, 3.63) is 47.9 Å². The molecule has 1 aromatic carbocycles. The van der Waals surface area contributed by atoms with Crippen LogP contribution in [0.15, 0.2) is 41.4 Å². The van der Waals surface area contributed by atoms with Gasteiger partial charge in [-0.15, -0.1) is 0 Å². The van der Waals surface area contributed by atoms with E-state index in [9.17, 15) is 17.6 Å². The number of sulfone groups is 1. The topological polar surface area (TPSA) is 82.6 Å². The van der Waals surface area contributed by atoms with Crippen LogP contribution in [-0.4, -0.2) is 62.2 Å². The fourth-order valence-electron chi connectivity index (χ4n) is 4.45. The molecule has 0 spiro atoms. The summed E-state index contributed by atoms with van der Waals surface area (Å²) < 4.78 is 37.6. The number of hydrogen-bond acceptors (Lipinski definition) is 6. The summed E-state index contributed by atoms with van der Waals surface area (Å²) in [6, 6.07) is 7.56. The molecule has 0 bridgehead atoms. The number of aryl methyl sites for hydroxylation is 1. The van der Waals surface area contributed by atoms with E-state index in [2.05, 4.69) is 34.3 Å². The van der Waals surface area contributed by atoms with Crippen LogP contribution < -0.4 is 10.2 Å². The zero-order chi connectivity index (χ0) is 22.9. The van der Waals surface area contributed by atoms with Gasteiger partial charge in [-0.2, -0.15) is 0 Å². The van der Waals surface area contributed by atoms with Gasteiger partial charge in [0.05, 0.1) is 10.6 Å². The number of pyridine rings is 1. The van der Waals surface area contributed by atoms with E-state index in [1.165, 1.54) is 17.7 Å². The van der Waals surface area contributed by atoms with Gasteiger partial charge < -0.3 is 15.1 Å². The molecule has 2 aliphatic heterocycles. The summed E-state index contributed by atoms with van der Waals surface area (Å²) in [5, 5.41) is 2.97. The van der Waals surface area contributed by atoms with E-state index < -0.39 is 21.7 Å². The standard InChI is InChI=1S/C23H29FN4O3S/c1-3-16-4-7-22(25-15-16)27-11-8-17(9-12-27)28-13-10-21(23(28)29)26-20-6-5-18(14-19(20)24)32(2,30)31/h4-7,14-15,17,21,26H,3,8-13H2,1-2H3/t21-/m1/s1. The third kappa shape index (κ3) is 4.72. The van der Waals surface area contributed by atoms with Gasteiger partial charge in [0.15, 0.2) is 9.84 Å². The first-order chi connectivity index (χ1) is 15.3. The van der Waals surface area contributed by atoms with E-state index in [0.717, 1.165) is 50.5 Å². The summed E-state index contributed by atoms with van der Waals surface area (Å²) in [5.41, 5.74) is 1.36. The zero-order valence-corrected chi connectivity index (χ0v) is 19.2. The number of rotatable bonds is 6. The van der Waals surface area contributed by atoms with Gasteiger partial charge in [-0.3, -0.25) is 4.79 Å². The van der Waals surface area contributed by atoms with Crippen LogP contribution in [0.4, 0.5) is 15.9 Å². The van der Waals surface area contributed by atoms with Gasteiger partial charge in [-0.05, 0) is 55.5 Å². The van der Waals surface area contributed by atoms with Crippen LogP contribution in [0.25, 0.3) is 0 Å². The molecule has 1 N–H and O–H groups in total. The van der Waals surface area contributed by atoms with Crippen molar-refractivity contribution < 1.29 is 17.6 Å². The van der Waals surface area contributed by atoms with Crippen molar-refractivity contribution in [2.75, 3.05) is 36.1 Å². The summed E-state index contributed by atoms with van der Waals surface area (Å²) in [4.78, 5) is 21.6. The molecule has 0 unspecified atom stereocenters. The Balaban J connectivity index is 1.35. The second-order valence-corrected chi connectivity index (χ2v) is 10.5. The van der Waals surface area contributed by atoms with Gasteiger partial charge in [0.25, 0.3) is 0 Å². The maximum Gasteiger partial charge on any atom is 0.245 e. The zero-order valence-electron chi connectivity index (χ0n) is 18.4. The fraction of sp³-hybridized carbons (Fsp3) is 0.478. The van der Waals surface area contributed by atoms with Gasteiger partial charge in [0, 0.05) is 38.1 Å². The van der Waals surface area contributed by atoms with E-state index in [1.54, 1.807) is 0 Å². The Morgan fingerprint density at radius 2 is 1.88 bits per heavy atom. The lowest BCUT2D eigenvalue weighted by Gasteiger charge is -2.37. The number of carbonyl (C=O) groups excluding carboxylic acids is 1. The molecule has 1 amide bonds. The van der Waals surface area contributed by atoms with E-state index in [0.29, 0.717) is 13.0 Å². The monoisotopic (exact) mass is 460 g/mol. The highest BCUT2D eigenvalue weighted by Gasteiger charge is 2.37. The molecular weight excluding hydrogens is 431 g/mol. The summed E-state index contributed by atoms with van der Waals surface area (Å²) in [6.45, 7) is 4.42. The van der Waals surface area contributed by atoms with Crippen LogP contribution in [0.1, 0.15) is 31.7 Å². The molecule has 2 saturated heterocycles. The number of hydrogen-bond donors (Lipinski definition) is 1. The lowest BCUT2D eigenvalue weighted by Crippen LogP contribution is -2.47. The summed E-state index contributed by atoms with van der Waals surface area (Å²) in [6.07, 6.45) is 6.25. The van der Waals surface area contributed by atoms with Crippen molar-refractivity contribution in [3.8, 4) is 0 Å². The maximum atomic E-state index is 14.4. The quantitative estimate of drug-likeness (QED) is 0.714. The minimum atomic E-state index is -3.48. The first kappa shape index (κ1) is 22.5. The first-order valence-electron chi connectivity index (χ1n) is 11.0. The van der Waals surface area contributed by atoms with Crippen LogP contribution in [0, 0.1) is 5.82 Å². The van der Waals surface area contributed by atoms with Crippen molar-refractivity contribution in [2.24, 2.45) is 0 Å². The number of benzene rings is 1. The molecule has 1 atom stereocenters. The SMILES string of the molecule is CCc1ccc(N2CCC(N3CC[C@@H](Nc4ccc(S(C)(=O)=O)cc4F)C3=O)CC2)nc1.